The Labute approximate surface area is 86.3 Å². The van der Waals surface area contributed by atoms with Crippen molar-refractivity contribution in [2.24, 2.45) is 5.92 Å². The molecular formula is C11H20N2O. The molecule has 1 N–H and O–H groups in total. The maximum Gasteiger partial charge on any atom is 0.0664 e. The van der Waals surface area contributed by atoms with E-state index >= 15 is 0 Å². The Morgan fingerprint density at radius 3 is 2.86 bits per heavy atom. The summed E-state index contributed by atoms with van der Waals surface area (Å²) in [6, 6.07) is 2.46. The minimum absolute atomic E-state index is 0.219. The van der Waals surface area contributed by atoms with Crippen molar-refractivity contribution in [1.82, 2.24) is 4.90 Å². The summed E-state index contributed by atoms with van der Waals surface area (Å²) in [6.07, 6.45) is 2.69. The fourth-order valence-corrected chi connectivity index (χ4v) is 2.07. The van der Waals surface area contributed by atoms with E-state index in [4.69, 9.17) is 5.26 Å². The van der Waals surface area contributed by atoms with Crippen LogP contribution < -0.4 is 0 Å². The summed E-state index contributed by atoms with van der Waals surface area (Å²) < 4.78 is 0. The second-order valence-electron chi connectivity index (χ2n) is 4.35. The molecule has 0 amide bonds. The Kier molecular flexibility index (Phi) is 4.37. The Hall–Kier alpha value is -0.590. The number of aliphatic hydroxyl groups excluding tert-OH is 1. The Bertz CT molecular complexity index is 210. The molecule has 3 atom stereocenters. The highest BCUT2D eigenvalue weighted by Crippen LogP contribution is 2.21. The molecule has 1 rings (SSSR count). The lowest BCUT2D eigenvalue weighted by Crippen LogP contribution is -2.45. The van der Waals surface area contributed by atoms with Crippen LogP contribution in [0, 0.1) is 17.2 Å². The maximum atomic E-state index is 9.48. The van der Waals surface area contributed by atoms with E-state index < -0.39 is 0 Å². The molecule has 0 saturated carbocycles. The third-order valence-corrected chi connectivity index (χ3v) is 3.20. The molecule has 1 aliphatic rings. The van der Waals surface area contributed by atoms with Gasteiger partial charge in [-0.25, -0.2) is 0 Å². The van der Waals surface area contributed by atoms with Crippen molar-refractivity contribution in [2.45, 2.75) is 45.3 Å². The van der Waals surface area contributed by atoms with Gasteiger partial charge in [0.2, 0.25) is 0 Å². The van der Waals surface area contributed by atoms with Gasteiger partial charge in [0, 0.05) is 19.0 Å². The largest absolute Gasteiger partial charge is 0.392 e. The SMILES string of the molecule is CC(O)C(C)N1CCCC(CC#N)C1. The average Bonchev–Trinajstić information content (AvgIpc) is 2.17. The van der Waals surface area contributed by atoms with Crippen molar-refractivity contribution in [3.8, 4) is 6.07 Å². The molecule has 1 saturated heterocycles. The third-order valence-electron chi connectivity index (χ3n) is 3.20. The van der Waals surface area contributed by atoms with Crippen molar-refractivity contribution in [1.29, 1.82) is 5.26 Å². The fraction of sp³-hybridized carbons (Fsp3) is 0.909. The Morgan fingerprint density at radius 1 is 1.57 bits per heavy atom. The molecule has 3 nitrogen and oxygen atoms in total. The molecule has 0 radical (unpaired) electrons. The van der Waals surface area contributed by atoms with E-state index in [-0.39, 0.29) is 12.1 Å². The van der Waals surface area contributed by atoms with Crippen LogP contribution in [-0.4, -0.2) is 35.2 Å². The first-order chi connectivity index (χ1) is 6.65. The van der Waals surface area contributed by atoms with E-state index in [2.05, 4.69) is 17.9 Å². The molecule has 80 valence electrons. The standard InChI is InChI=1S/C11H20N2O/c1-9(10(2)14)13-7-3-4-11(8-13)5-6-12/h9-11,14H,3-5,7-8H2,1-2H3. The van der Waals surface area contributed by atoms with E-state index in [0.717, 1.165) is 25.9 Å². The van der Waals surface area contributed by atoms with Crippen molar-refractivity contribution < 1.29 is 5.11 Å². The highest BCUT2D eigenvalue weighted by Gasteiger charge is 2.25. The van der Waals surface area contributed by atoms with Crippen molar-refractivity contribution in [3.63, 3.8) is 0 Å². The number of nitrogens with zero attached hydrogens (tertiary/aromatic N) is 2. The molecule has 0 aromatic heterocycles. The predicted molar refractivity (Wildman–Crippen MR) is 55.7 cm³/mol. The van der Waals surface area contributed by atoms with Gasteiger partial charge in [-0.1, -0.05) is 0 Å². The van der Waals surface area contributed by atoms with Crippen molar-refractivity contribution in [3.05, 3.63) is 0 Å². The number of hydrogen-bond donors (Lipinski definition) is 1. The van der Waals surface area contributed by atoms with Crippen LogP contribution >= 0.6 is 0 Å². The predicted octanol–water partition coefficient (Wildman–Crippen LogP) is 1.38. The first-order valence-electron chi connectivity index (χ1n) is 5.44. The fourth-order valence-electron chi connectivity index (χ4n) is 2.07. The van der Waals surface area contributed by atoms with Gasteiger partial charge in [-0.15, -0.1) is 0 Å². The molecule has 0 aromatic carbocycles. The van der Waals surface area contributed by atoms with Crippen LogP contribution in [0.1, 0.15) is 33.1 Å². The summed E-state index contributed by atoms with van der Waals surface area (Å²) in [5, 5.41) is 18.1. The maximum absolute atomic E-state index is 9.48. The number of piperidine rings is 1. The first kappa shape index (κ1) is 11.5. The quantitative estimate of drug-likeness (QED) is 0.742. The molecular weight excluding hydrogens is 176 g/mol. The van der Waals surface area contributed by atoms with Crippen LogP contribution in [0.5, 0.6) is 0 Å². The smallest absolute Gasteiger partial charge is 0.0664 e. The molecule has 3 heteroatoms. The number of rotatable bonds is 3. The van der Waals surface area contributed by atoms with Crippen LogP contribution in [0.2, 0.25) is 0 Å². The van der Waals surface area contributed by atoms with Gasteiger partial charge in [0.1, 0.15) is 0 Å². The summed E-state index contributed by atoms with van der Waals surface area (Å²) in [4.78, 5) is 2.30. The highest BCUT2D eigenvalue weighted by molar-refractivity contribution is 4.84. The molecule has 1 heterocycles. The van der Waals surface area contributed by atoms with Gasteiger partial charge < -0.3 is 5.11 Å². The molecule has 0 bridgehead atoms. The van der Waals surface area contributed by atoms with Gasteiger partial charge in [-0.2, -0.15) is 5.26 Å². The number of aliphatic hydroxyl groups is 1. The summed E-state index contributed by atoms with van der Waals surface area (Å²) in [5.74, 6) is 0.509. The normalized spacial score (nSPS) is 28.0. The zero-order valence-corrected chi connectivity index (χ0v) is 9.11. The average molecular weight is 196 g/mol. The molecule has 0 aromatic rings. The van der Waals surface area contributed by atoms with Gasteiger partial charge in [-0.05, 0) is 39.2 Å². The number of likely N-dealkylation sites (tertiary alicyclic amines) is 1. The lowest BCUT2D eigenvalue weighted by Gasteiger charge is -2.37. The third kappa shape index (κ3) is 2.97. The Balaban J connectivity index is 2.44. The molecule has 1 aliphatic heterocycles. The van der Waals surface area contributed by atoms with Gasteiger partial charge in [0.25, 0.3) is 0 Å². The lowest BCUT2D eigenvalue weighted by molar-refractivity contribution is 0.0439. The zero-order chi connectivity index (χ0) is 10.6. The minimum Gasteiger partial charge on any atom is -0.392 e. The molecule has 3 unspecified atom stereocenters. The van der Waals surface area contributed by atoms with E-state index in [1.54, 1.807) is 0 Å². The van der Waals surface area contributed by atoms with Crippen LogP contribution in [0.15, 0.2) is 0 Å². The topological polar surface area (TPSA) is 47.3 Å². The van der Waals surface area contributed by atoms with Gasteiger partial charge in [0.15, 0.2) is 0 Å². The van der Waals surface area contributed by atoms with E-state index in [1.165, 1.54) is 0 Å². The first-order valence-corrected chi connectivity index (χ1v) is 5.44. The van der Waals surface area contributed by atoms with E-state index in [1.807, 2.05) is 6.92 Å². The van der Waals surface area contributed by atoms with E-state index in [9.17, 15) is 5.11 Å². The van der Waals surface area contributed by atoms with Crippen LogP contribution in [0.4, 0.5) is 0 Å². The molecule has 14 heavy (non-hydrogen) atoms. The minimum atomic E-state index is -0.282. The summed E-state index contributed by atoms with van der Waals surface area (Å²) in [6.45, 7) is 5.92. The van der Waals surface area contributed by atoms with Gasteiger partial charge in [0.05, 0.1) is 12.2 Å². The van der Waals surface area contributed by atoms with Crippen molar-refractivity contribution >= 4 is 0 Å². The molecule has 0 aliphatic carbocycles. The second-order valence-corrected chi connectivity index (χ2v) is 4.35. The van der Waals surface area contributed by atoms with E-state index in [0.29, 0.717) is 12.3 Å². The van der Waals surface area contributed by atoms with Crippen molar-refractivity contribution in [2.75, 3.05) is 13.1 Å². The zero-order valence-electron chi connectivity index (χ0n) is 9.11. The monoisotopic (exact) mass is 196 g/mol. The molecule has 0 spiro atoms. The number of hydrogen-bond acceptors (Lipinski definition) is 3. The van der Waals surface area contributed by atoms with Gasteiger partial charge >= 0.3 is 0 Å². The van der Waals surface area contributed by atoms with Crippen LogP contribution in [-0.2, 0) is 0 Å². The Morgan fingerprint density at radius 2 is 2.29 bits per heavy atom. The molecule has 1 fully saturated rings. The number of nitriles is 1. The van der Waals surface area contributed by atoms with Crippen LogP contribution in [0.25, 0.3) is 0 Å². The summed E-state index contributed by atoms with van der Waals surface area (Å²) in [5.41, 5.74) is 0. The van der Waals surface area contributed by atoms with Crippen LogP contribution in [0.3, 0.4) is 0 Å². The highest BCUT2D eigenvalue weighted by atomic mass is 16.3. The summed E-state index contributed by atoms with van der Waals surface area (Å²) >= 11 is 0. The summed E-state index contributed by atoms with van der Waals surface area (Å²) in [7, 11) is 0. The lowest BCUT2D eigenvalue weighted by atomic mass is 9.94. The van der Waals surface area contributed by atoms with Gasteiger partial charge in [-0.3, -0.25) is 4.90 Å². The second kappa shape index (κ2) is 5.33.